The molecular weight excluding hydrogens is 174 g/mol. The fourth-order valence-corrected chi connectivity index (χ4v) is 2.33. The van der Waals surface area contributed by atoms with Gasteiger partial charge in [0.25, 0.3) is 0 Å². The maximum Gasteiger partial charge on any atom is 0.0703 e. The van der Waals surface area contributed by atoms with Gasteiger partial charge in [-0.25, -0.2) is 0 Å². The Hall–Kier alpha value is -0.590. The molecule has 0 aromatic carbocycles. The molecule has 0 amide bonds. The first-order chi connectivity index (χ1) is 6.65. The SMILES string of the molecule is CN1CCC(N(C)CC2(C#N)CC2)C1. The van der Waals surface area contributed by atoms with Gasteiger partial charge in [-0.1, -0.05) is 0 Å². The fraction of sp³-hybridized carbons (Fsp3) is 0.909. The third-order valence-electron chi connectivity index (χ3n) is 3.63. The molecule has 1 atom stereocenters. The van der Waals surface area contributed by atoms with Crippen LogP contribution in [0.15, 0.2) is 0 Å². The Morgan fingerprint density at radius 3 is 2.71 bits per heavy atom. The quantitative estimate of drug-likeness (QED) is 0.668. The Morgan fingerprint density at radius 2 is 2.29 bits per heavy atom. The summed E-state index contributed by atoms with van der Waals surface area (Å²) in [4.78, 5) is 4.76. The molecule has 0 aromatic rings. The van der Waals surface area contributed by atoms with Crippen LogP contribution >= 0.6 is 0 Å². The Balaban J connectivity index is 1.84. The van der Waals surface area contributed by atoms with Crippen LogP contribution in [0.25, 0.3) is 0 Å². The second-order valence-electron chi connectivity index (χ2n) is 5.01. The molecule has 14 heavy (non-hydrogen) atoms. The van der Waals surface area contributed by atoms with Gasteiger partial charge in [0.05, 0.1) is 11.5 Å². The van der Waals surface area contributed by atoms with Crippen molar-refractivity contribution < 1.29 is 0 Å². The number of nitriles is 1. The molecule has 2 rings (SSSR count). The van der Waals surface area contributed by atoms with Gasteiger partial charge in [-0.2, -0.15) is 5.26 Å². The van der Waals surface area contributed by atoms with Crippen molar-refractivity contribution in [2.45, 2.75) is 25.3 Å². The van der Waals surface area contributed by atoms with E-state index in [0.717, 1.165) is 25.9 Å². The lowest BCUT2D eigenvalue weighted by molar-refractivity contribution is 0.216. The molecular formula is C11H19N3. The zero-order valence-electron chi connectivity index (χ0n) is 9.16. The highest BCUT2D eigenvalue weighted by atomic mass is 15.2. The number of hydrogen-bond donors (Lipinski definition) is 0. The normalized spacial score (nSPS) is 30.6. The standard InChI is InChI=1S/C11H19N3/c1-13-6-3-10(7-13)14(2)9-11(8-12)4-5-11/h10H,3-7,9H2,1-2H3. The Bertz CT molecular complexity index is 252. The average molecular weight is 193 g/mol. The van der Waals surface area contributed by atoms with E-state index in [1.165, 1.54) is 13.0 Å². The van der Waals surface area contributed by atoms with Crippen molar-refractivity contribution in [2.75, 3.05) is 33.7 Å². The van der Waals surface area contributed by atoms with Crippen LogP contribution in [0.5, 0.6) is 0 Å². The van der Waals surface area contributed by atoms with Gasteiger partial charge >= 0.3 is 0 Å². The molecule has 0 bridgehead atoms. The van der Waals surface area contributed by atoms with Gasteiger partial charge in [0, 0.05) is 19.1 Å². The molecule has 1 saturated heterocycles. The summed E-state index contributed by atoms with van der Waals surface area (Å²) < 4.78 is 0. The van der Waals surface area contributed by atoms with Crippen molar-refractivity contribution in [1.82, 2.24) is 9.80 Å². The van der Waals surface area contributed by atoms with Crippen molar-refractivity contribution in [3.05, 3.63) is 0 Å². The summed E-state index contributed by atoms with van der Waals surface area (Å²) >= 11 is 0. The first kappa shape index (κ1) is 9.95. The Labute approximate surface area is 86.3 Å². The fourth-order valence-electron chi connectivity index (χ4n) is 2.33. The summed E-state index contributed by atoms with van der Waals surface area (Å²) in [6.45, 7) is 3.34. The first-order valence-electron chi connectivity index (χ1n) is 5.45. The minimum Gasteiger partial charge on any atom is -0.305 e. The summed E-state index contributed by atoms with van der Waals surface area (Å²) in [5.74, 6) is 0. The molecule has 3 heteroatoms. The summed E-state index contributed by atoms with van der Waals surface area (Å²) in [5, 5.41) is 9.01. The summed E-state index contributed by atoms with van der Waals surface area (Å²) in [6.07, 6.45) is 3.47. The molecule has 1 aliphatic heterocycles. The van der Waals surface area contributed by atoms with Crippen molar-refractivity contribution in [3.8, 4) is 6.07 Å². The monoisotopic (exact) mass is 193 g/mol. The van der Waals surface area contributed by atoms with E-state index < -0.39 is 0 Å². The van der Waals surface area contributed by atoms with Gasteiger partial charge in [-0.05, 0) is 39.9 Å². The van der Waals surface area contributed by atoms with Crippen LogP contribution in [0.2, 0.25) is 0 Å². The van der Waals surface area contributed by atoms with Crippen LogP contribution in [-0.4, -0.2) is 49.6 Å². The van der Waals surface area contributed by atoms with E-state index in [2.05, 4.69) is 30.0 Å². The van der Waals surface area contributed by atoms with Crippen LogP contribution in [0, 0.1) is 16.7 Å². The number of rotatable bonds is 3. The van der Waals surface area contributed by atoms with Crippen molar-refractivity contribution in [3.63, 3.8) is 0 Å². The van der Waals surface area contributed by atoms with Crippen molar-refractivity contribution in [2.24, 2.45) is 5.41 Å². The van der Waals surface area contributed by atoms with Crippen LogP contribution < -0.4 is 0 Å². The second kappa shape index (κ2) is 3.52. The van der Waals surface area contributed by atoms with Gasteiger partial charge in [0.1, 0.15) is 0 Å². The highest BCUT2D eigenvalue weighted by Gasteiger charge is 2.45. The average Bonchev–Trinajstić information content (AvgIpc) is 2.80. The lowest BCUT2D eigenvalue weighted by Crippen LogP contribution is -2.37. The van der Waals surface area contributed by atoms with Crippen LogP contribution in [0.3, 0.4) is 0 Å². The van der Waals surface area contributed by atoms with E-state index in [4.69, 9.17) is 5.26 Å². The zero-order valence-corrected chi connectivity index (χ0v) is 9.16. The predicted octanol–water partition coefficient (Wildman–Crippen LogP) is 0.926. The lowest BCUT2D eigenvalue weighted by atomic mass is 10.1. The summed E-state index contributed by atoms with van der Waals surface area (Å²) in [6, 6.07) is 3.13. The van der Waals surface area contributed by atoms with Gasteiger partial charge < -0.3 is 9.80 Å². The molecule has 3 nitrogen and oxygen atoms in total. The van der Waals surface area contributed by atoms with E-state index in [0.29, 0.717) is 6.04 Å². The number of likely N-dealkylation sites (tertiary alicyclic amines) is 1. The van der Waals surface area contributed by atoms with E-state index in [9.17, 15) is 0 Å². The van der Waals surface area contributed by atoms with Crippen molar-refractivity contribution >= 4 is 0 Å². The summed E-state index contributed by atoms with van der Waals surface area (Å²) in [7, 11) is 4.34. The van der Waals surface area contributed by atoms with Gasteiger partial charge in [-0.15, -0.1) is 0 Å². The van der Waals surface area contributed by atoms with E-state index in [1.807, 2.05) is 0 Å². The summed E-state index contributed by atoms with van der Waals surface area (Å²) in [5.41, 5.74) is 0.0237. The molecule has 1 aliphatic carbocycles. The zero-order chi connectivity index (χ0) is 10.2. The number of likely N-dealkylation sites (N-methyl/N-ethyl adjacent to an activating group) is 2. The van der Waals surface area contributed by atoms with Crippen LogP contribution in [0.4, 0.5) is 0 Å². The molecule has 2 aliphatic rings. The second-order valence-corrected chi connectivity index (χ2v) is 5.01. The van der Waals surface area contributed by atoms with Crippen LogP contribution in [0.1, 0.15) is 19.3 Å². The molecule has 78 valence electrons. The maximum absolute atomic E-state index is 9.01. The topological polar surface area (TPSA) is 30.3 Å². The predicted molar refractivity (Wildman–Crippen MR) is 55.8 cm³/mol. The molecule has 0 aromatic heterocycles. The minimum absolute atomic E-state index is 0.0237. The molecule has 0 spiro atoms. The number of nitrogens with zero attached hydrogens (tertiary/aromatic N) is 3. The van der Waals surface area contributed by atoms with E-state index in [1.54, 1.807) is 0 Å². The molecule has 1 unspecified atom stereocenters. The van der Waals surface area contributed by atoms with E-state index in [-0.39, 0.29) is 5.41 Å². The van der Waals surface area contributed by atoms with Gasteiger partial charge in [0.2, 0.25) is 0 Å². The van der Waals surface area contributed by atoms with Crippen LogP contribution in [-0.2, 0) is 0 Å². The largest absolute Gasteiger partial charge is 0.305 e. The lowest BCUT2D eigenvalue weighted by Gasteiger charge is -2.25. The Kier molecular flexibility index (Phi) is 2.50. The minimum atomic E-state index is 0.0237. The van der Waals surface area contributed by atoms with Gasteiger partial charge in [-0.3, -0.25) is 0 Å². The highest BCUT2D eigenvalue weighted by molar-refractivity contribution is 5.11. The van der Waals surface area contributed by atoms with Crippen molar-refractivity contribution in [1.29, 1.82) is 5.26 Å². The van der Waals surface area contributed by atoms with Gasteiger partial charge in [0.15, 0.2) is 0 Å². The maximum atomic E-state index is 9.01. The Morgan fingerprint density at radius 1 is 1.57 bits per heavy atom. The highest BCUT2D eigenvalue weighted by Crippen LogP contribution is 2.45. The third kappa shape index (κ3) is 1.92. The third-order valence-corrected chi connectivity index (χ3v) is 3.63. The molecule has 1 heterocycles. The molecule has 1 saturated carbocycles. The number of hydrogen-bond acceptors (Lipinski definition) is 3. The van der Waals surface area contributed by atoms with E-state index >= 15 is 0 Å². The first-order valence-corrected chi connectivity index (χ1v) is 5.45. The molecule has 0 N–H and O–H groups in total. The smallest absolute Gasteiger partial charge is 0.0703 e. The molecule has 0 radical (unpaired) electrons. The molecule has 2 fully saturated rings.